The van der Waals surface area contributed by atoms with Gasteiger partial charge in [0.05, 0.1) is 4.90 Å². The minimum atomic E-state index is -3.43. The number of rotatable bonds is 4. The molecule has 17 heavy (non-hydrogen) atoms. The lowest BCUT2D eigenvalue weighted by molar-refractivity contribution is 0.606. The normalized spacial score (nSPS) is 10.7. The number of alkyl halides is 1. The van der Waals surface area contributed by atoms with Gasteiger partial charge in [0.15, 0.2) is 0 Å². The third-order valence-electron chi connectivity index (χ3n) is 2.22. The first-order valence-corrected chi connectivity index (χ1v) is 8.44. The van der Waals surface area contributed by atoms with Crippen LogP contribution in [0.3, 0.4) is 0 Å². The molecule has 0 aromatic heterocycles. The standard InChI is InChI=1S/C13H15IO2S/c1-12-6-8-13(9-7-12)17(15,16)11-5-3-2-4-10-14/h6-9H,2-4,10H2,1H3. The van der Waals surface area contributed by atoms with Crippen molar-refractivity contribution in [2.45, 2.75) is 31.1 Å². The molecule has 0 unspecified atom stereocenters. The summed E-state index contributed by atoms with van der Waals surface area (Å²) in [5, 5.41) is 2.37. The van der Waals surface area contributed by atoms with Crippen molar-refractivity contribution < 1.29 is 8.42 Å². The Morgan fingerprint density at radius 2 is 1.82 bits per heavy atom. The Kier molecular flexibility index (Phi) is 6.00. The average Bonchev–Trinajstić information content (AvgIpc) is 2.29. The molecular weight excluding hydrogens is 347 g/mol. The lowest BCUT2D eigenvalue weighted by Gasteiger charge is -1.97. The van der Waals surface area contributed by atoms with Gasteiger partial charge < -0.3 is 0 Å². The summed E-state index contributed by atoms with van der Waals surface area (Å²) in [7, 11) is -3.43. The van der Waals surface area contributed by atoms with Crippen LogP contribution in [-0.2, 0) is 9.84 Å². The molecule has 0 bridgehead atoms. The highest BCUT2D eigenvalue weighted by Gasteiger charge is 2.09. The predicted molar refractivity (Wildman–Crippen MR) is 78.9 cm³/mol. The van der Waals surface area contributed by atoms with E-state index in [9.17, 15) is 8.42 Å². The molecule has 0 saturated heterocycles. The summed E-state index contributed by atoms with van der Waals surface area (Å²) in [6.45, 7) is 1.92. The van der Waals surface area contributed by atoms with Crippen LogP contribution < -0.4 is 0 Å². The molecule has 0 radical (unpaired) electrons. The van der Waals surface area contributed by atoms with Crippen LogP contribution in [0.1, 0.15) is 24.8 Å². The number of benzene rings is 1. The number of unbranched alkanes of at least 4 members (excludes halogenated alkanes) is 2. The maximum absolute atomic E-state index is 11.8. The van der Waals surface area contributed by atoms with E-state index < -0.39 is 9.84 Å². The van der Waals surface area contributed by atoms with E-state index in [1.54, 1.807) is 24.3 Å². The Labute approximate surface area is 117 Å². The molecule has 1 rings (SSSR count). The summed E-state index contributed by atoms with van der Waals surface area (Å²) < 4.78 is 24.7. The molecule has 0 saturated carbocycles. The van der Waals surface area contributed by atoms with E-state index >= 15 is 0 Å². The number of hydrogen-bond acceptors (Lipinski definition) is 2. The maximum atomic E-state index is 11.8. The van der Waals surface area contributed by atoms with Crippen molar-refractivity contribution in [3.05, 3.63) is 29.8 Å². The van der Waals surface area contributed by atoms with Crippen LogP contribution in [0, 0.1) is 18.1 Å². The van der Waals surface area contributed by atoms with Gasteiger partial charge in [-0.1, -0.05) is 46.2 Å². The molecule has 0 spiro atoms. The Bertz CT molecular complexity index is 507. The summed E-state index contributed by atoms with van der Waals surface area (Å²) in [6.07, 6.45) is 2.69. The van der Waals surface area contributed by atoms with Crippen LogP contribution in [0.4, 0.5) is 0 Å². The zero-order valence-corrected chi connectivity index (χ0v) is 12.7. The van der Waals surface area contributed by atoms with E-state index in [1.807, 2.05) is 6.92 Å². The van der Waals surface area contributed by atoms with Crippen LogP contribution in [0.25, 0.3) is 0 Å². The molecule has 92 valence electrons. The fourth-order valence-corrected chi connectivity index (χ4v) is 2.67. The number of sulfone groups is 1. The molecule has 0 amide bonds. The number of hydrogen-bond donors (Lipinski definition) is 0. The maximum Gasteiger partial charge on any atom is 0.245 e. The molecule has 0 fully saturated rings. The minimum Gasteiger partial charge on any atom is -0.210 e. The molecule has 0 aliphatic heterocycles. The summed E-state index contributed by atoms with van der Waals surface area (Å²) in [4.78, 5) is 0.282. The van der Waals surface area contributed by atoms with Crippen LogP contribution in [0.5, 0.6) is 0 Å². The second-order valence-electron chi connectivity index (χ2n) is 3.74. The van der Waals surface area contributed by atoms with Crippen molar-refractivity contribution in [3.8, 4) is 11.2 Å². The molecule has 4 heteroatoms. The highest BCUT2D eigenvalue weighted by molar-refractivity contribution is 14.1. The van der Waals surface area contributed by atoms with E-state index in [-0.39, 0.29) is 4.90 Å². The number of aryl methyl sites for hydroxylation is 1. The topological polar surface area (TPSA) is 34.1 Å². The average molecular weight is 362 g/mol. The van der Waals surface area contributed by atoms with E-state index in [4.69, 9.17) is 0 Å². The first kappa shape index (κ1) is 14.5. The van der Waals surface area contributed by atoms with Gasteiger partial charge in [-0.15, -0.1) is 0 Å². The van der Waals surface area contributed by atoms with Crippen molar-refractivity contribution in [1.82, 2.24) is 0 Å². The SMILES string of the molecule is Cc1ccc(S(=O)(=O)C#CCCCCI)cc1. The lowest BCUT2D eigenvalue weighted by Crippen LogP contribution is -1.96. The Morgan fingerprint density at radius 1 is 1.18 bits per heavy atom. The highest BCUT2D eigenvalue weighted by atomic mass is 127. The molecule has 0 aliphatic carbocycles. The van der Waals surface area contributed by atoms with Gasteiger partial charge in [-0.25, -0.2) is 8.42 Å². The van der Waals surface area contributed by atoms with E-state index in [0.29, 0.717) is 6.42 Å². The van der Waals surface area contributed by atoms with Gasteiger partial charge in [-0.2, -0.15) is 0 Å². The molecule has 0 aliphatic rings. The van der Waals surface area contributed by atoms with Gasteiger partial charge in [0.25, 0.3) is 0 Å². The zero-order chi connectivity index (χ0) is 12.7. The fourth-order valence-electron chi connectivity index (χ4n) is 1.23. The third kappa shape index (κ3) is 5.09. The third-order valence-corrected chi connectivity index (χ3v) is 4.29. The Balaban J connectivity index is 2.72. The molecular formula is C13H15IO2S. The van der Waals surface area contributed by atoms with Crippen molar-refractivity contribution in [2.24, 2.45) is 0 Å². The van der Waals surface area contributed by atoms with Gasteiger partial charge in [0.1, 0.15) is 0 Å². The Morgan fingerprint density at radius 3 is 2.41 bits per heavy atom. The van der Waals surface area contributed by atoms with Gasteiger partial charge in [0.2, 0.25) is 9.84 Å². The monoisotopic (exact) mass is 362 g/mol. The summed E-state index contributed by atoms with van der Waals surface area (Å²) in [5.41, 5.74) is 1.04. The molecule has 0 N–H and O–H groups in total. The van der Waals surface area contributed by atoms with Crippen molar-refractivity contribution in [2.75, 3.05) is 4.43 Å². The van der Waals surface area contributed by atoms with E-state index in [0.717, 1.165) is 22.8 Å². The van der Waals surface area contributed by atoms with E-state index in [1.165, 1.54) is 0 Å². The largest absolute Gasteiger partial charge is 0.245 e. The van der Waals surface area contributed by atoms with E-state index in [2.05, 4.69) is 33.8 Å². The fraction of sp³-hybridized carbons (Fsp3) is 0.385. The highest BCUT2D eigenvalue weighted by Crippen LogP contribution is 2.11. The van der Waals surface area contributed by atoms with Crippen LogP contribution in [0.15, 0.2) is 29.2 Å². The van der Waals surface area contributed by atoms with Gasteiger partial charge >= 0.3 is 0 Å². The Hall–Kier alpha value is -0.540. The second kappa shape index (κ2) is 7.02. The zero-order valence-electron chi connectivity index (χ0n) is 9.74. The quantitative estimate of drug-likeness (QED) is 0.271. The van der Waals surface area contributed by atoms with Crippen LogP contribution in [-0.4, -0.2) is 12.8 Å². The summed E-state index contributed by atoms with van der Waals surface area (Å²) in [6, 6.07) is 6.77. The van der Waals surface area contributed by atoms with Gasteiger partial charge in [-0.05, 0) is 36.3 Å². The number of halogens is 1. The molecule has 2 nitrogen and oxygen atoms in total. The van der Waals surface area contributed by atoms with Gasteiger partial charge in [0, 0.05) is 11.7 Å². The summed E-state index contributed by atoms with van der Waals surface area (Å²) >= 11 is 2.30. The van der Waals surface area contributed by atoms with Crippen LogP contribution in [0.2, 0.25) is 0 Å². The minimum absolute atomic E-state index is 0.282. The van der Waals surface area contributed by atoms with Crippen molar-refractivity contribution in [3.63, 3.8) is 0 Å². The predicted octanol–water partition coefficient (Wildman–Crippen LogP) is 3.33. The van der Waals surface area contributed by atoms with Crippen LogP contribution >= 0.6 is 22.6 Å². The van der Waals surface area contributed by atoms with Gasteiger partial charge in [-0.3, -0.25) is 0 Å². The molecule has 0 atom stereocenters. The molecule has 1 aromatic carbocycles. The molecule has 1 aromatic rings. The lowest BCUT2D eigenvalue weighted by atomic mass is 10.2. The second-order valence-corrected chi connectivity index (χ2v) is 6.50. The van der Waals surface area contributed by atoms with Crippen molar-refractivity contribution in [1.29, 1.82) is 0 Å². The smallest absolute Gasteiger partial charge is 0.210 e. The first-order valence-electron chi connectivity index (χ1n) is 5.43. The molecule has 0 heterocycles. The summed E-state index contributed by atoms with van der Waals surface area (Å²) in [5.74, 6) is 2.73. The van der Waals surface area contributed by atoms with Crippen molar-refractivity contribution >= 4 is 32.4 Å². The first-order chi connectivity index (χ1) is 8.06.